The maximum absolute atomic E-state index is 11.1. The summed E-state index contributed by atoms with van der Waals surface area (Å²) in [6, 6.07) is 4.89. The average molecular weight is 311 g/mol. The number of ether oxygens (including phenoxy) is 2. The highest BCUT2D eigenvalue weighted by Crippen LogP contribution is 2.18. The van der Waals surface area contributed by atoms with Crippen LogP contribution in [0.15, 0.2) is 24.3 Å². The van der Waals surface area contributed by atoms with Gasteiger partial charge in [0.1, 0.15) is 12.4 Å². The van der Waals surface area contributed by atoms with E-state index >= 15 is 0 Å². The summed E-state index contributed by atoms with van der Waals surface area (Å²) in [5, 5.41) is 19.6. The van der Waals surface area contributed by atoms with Gasteiger partial charge in [0.05, 0.1) is 12.2 Å². The van der Waals surface area contributed by atoms with Crippen LogP contribution in [0.4, 0.5) is 4.79 Å². The summed E-state index contributed by atoms with van der Waals surface area (Å²) in [6.45, 7) is 6.64. The standard InChI is InChI=1S/C15H21NO6/c1-15(2,3)22-9-8-21-11-6-4-10(5-7-11)12(13(17)18)16-14(19)20/h4-7,12,16H,8-9H2,1-3H3,(H,17,18)(H,19,20). The highest BCUT2D eigenvalue weighted by Gasteiger charge is 2.21. The smallest absolute Gasteiger partial charge is 0.405 e. The molecular weight excluding hydrogens is 290 g/mol. The zero-order chi connectivity index (χ0) is 16.8. The van der Waals surface area contributed by atoms with E-state index in [1.807, 2.05) is 26.1 Å². The molecule has 1 aromatic rings. The van der Waals surface area contributed by atoms with E-state index in [1.54, 1.807) is 12.1 Å². The SMILES string of the molecule is CC(C)(C)OCCOc1ccc(C(NC(=O)O)C(=O)O)cc1. The highest BCUT2D eigenvalue weighted by atomic mass is 16.5. The number of amides is 1. The van der Waals surface area contributed by atoms with Crippen molar-refractivity contribution >= 4 is 12.1 Å². The van der Waals surface area contributed by atoms with Gasteiger partial charge in [-0.2, -0.15) is 0 Å². The Hall–Kier alpha value is -2.28. The monoisotopic (exact) mass is 311 g/mol. The van der Waals surface area contributed by atoms with Gasteiger partial charge in [-0.3, -0.25) is 0 Å². The first-order valence-corrected chi connectivity index (χ1v) is 6.78. The Labute approximate surface area is 128 Å². The minimum Gasteiger partial charge on any atom is -0.491 e. The molecule has 0 saturated carbocycles. The van der Waals surface area contributed by atoms with Crippen LogP contribution in [0.25, 0.3) is 0 Å². The predicted octanol–water partition coefficient (Wildman–Crippen LogP) is 2.27. The lowest BCUT2D eigenvalue weighted by atomic mass is 10.1. The number of nitrogens with one attached hydrogen (secondary N) is 1. The molecule has 0 spiro atoms. The summed E-state index contributed by atoms with van der Waals surface area (Å²) in [4.78, 5) is 21.6. The molecule has 0 aliphatic carbocycles. The van der Waals surface area contributed by atoms with Crippen molar-refractivity contribution in [1.29, 1.82) is 0 Å². The van der Waals surface area contributed by atoms with Gasteiger partial charge in [0.15, 0.2) is 6.04 Å². The zero-order valence-electron chi connectivity index (χ0n) is 12.8. The second-order valence-corrected chi connectivity index (χ2v) is 5.60. The fourth-order valence-electron chi connectivity index (χ4n) is 1.67. The number of carboxylic acid groups (broad SMARTS) is 2. The molecule has 0 aromatic heterocycles. The molecule has 7 nitrogen and oxygen atoms in total. The minimum absolute atomic E-state index is 0.232. The third-order valence-corrected chi connectivity index (χ3v) is 2.62. The van der Waals surface area contributed by atoms with Gasteiger partial charge in [0, 0.05) is 0 Å². The van der Waals surface area contributed by atoms with Gasteiger partial charge in [0.25, 0.3) is 0 Å². The molecular formula is C15H21NO6. The molecule has 1 unspecified atom stereocenters. The van der Waals surface area contributed by atoms with Crippen LogP contribution in [0.3, 0.4) is 0 Å². The number of aliphatic carboxylic acids is 1. The van der Waals surface area contributed by atoms with Crippen LogP contribution >= 0.6 is 0 Å². The van der Waals surface area contributed by atoms with E-state index in [1.165, 1.54) is 12.1 Å². The second-order valence-electron chi connectivity index (χ2n) is 5.60. The first-order chi connectivity index (χ1) is 10.2. The summed E-state index contributed by atoms with van der Waals surface area (Å²) in [6.07, 6.45) is -1.40. The summed E-state index contributed by atoms with van der Waals surface area (Å²) >= 11 is 0. The van der Waals surface area contributed by atoms with E-state index in [0.717, 1.165) is 0 Å². The Kier molecular flexibility index (Phi) is 6.18. The summed E-state index contributed by atoms with van der Waals surface area (Å²) in [5.74, 6) is -0.713. The molecule has 1 aromatic carbocycles. The van der Waals surface area contributed by atoms with Crippen molar-refractivity contribution in [2.24, 2.45) is 0 Å². The van der Waals surface area contributed by atoms with Crippen LogP contribution in [-0.4, -0.2) is 41.1 Å². The molecule has 0 saturated heterocycles. The lowest BCUT2D eigenvalue weighted by molar-refractivity contribution is -0.139. The van der Waals surface area contributed by atoms with Crippen LogP contribution in [0.2, 0.25) is 0 Å². The van der Waals surface area contributed by atoms with Crippen LogP contribution in [-0.2, 0) is 9.53 Å². The Morgan fingerprint density at radius 2 is 1.73 bits per heavy atom. The predicted molar refractivity (Wildman–Crippen MR) is 79.2 cm³/mol. The Morgan fingerprint density at radius 1 is 1.14 bits per heavy atom. The Morgan fingerprint density at radius 3 is 2.18 bits per heavy atom. The zero-order valence-corrected chi connectivity index (χ0v) is 12.8. The van der Waals surface area contributed by atoms with E-state index in [9.17, 15) is 9.59 Å². The van der Waals surface area contributed by atoms with E-state index < -0.39 is 18.1 Å². The molecule has 0 aliphatic heterocycles. The normalized spacial score (nSPS) is 12.5. The lowest BCUT2D eigenvalue weighted by Crippen LogP contribution is -2.32. The first-order valence-electron chi connectivity index (χ1n) is 6.78. The van der Waals surface area contributed by atoms with E-state index in [-0.39, 0.29) is 5.60 Å². The van der Waals surface area contributed by atoms with Gasteiger partial charge in [-0.15, -0.1) is 0 Å². The molecule has 0 fully saturated rings. The van der Waals surface area contributed by atoms with Crippen molar-refractivity contribution in [3.8, 4) is 5.75 Å². The first kappa shape index (κ1) is 17.8. The lowest BCUT2D eigenvalue weighted by Gasteiger charge is -2.19. The van der Waals surface area contributed by atoms with Gasteiger partial charge in [-0.1, -0.05) is 12.1 Å². The van der Waals surface area contributed by atoms with Crippen LogP contribution in [0, 0.1) is 0 Å². The van der Waals surface area contributed by atoms with Gasteiger partial charge in [-0.05, 0) is 38.5 Å². The number of carbonyl (C=O) groups is 2. The maximum Gasteiger partial charge on any atom is 0.405 e. The van der Waals surface area contributed by atoms with Gasteiger partial charge in [0.2, 0.25) is 0 Å². The maximum atomic E-state index is 11.1. The molecule has 1 atom stereocenters. The molecule has 122 valence electrons. The van der Waals surface area contributed by atoms with Crippen LogP contribution in [0.1, 0.15) is 32.4 Å². The van der Waals surface area contributed by atoms with Gasteiger partial charge < -0.3 is 25.0 Å². The number of carboxylic acids is 1. The molecule has 0 radical (unpaired) electrons. The number of benzene rings is 1. The number of hydrogen-bond donors (Lipinski definition) is 3. The van der Waals surface area contributed by atoms with Gasteiger partial charge >= 0.3 is 12.1 Å². The molecule has 0 aliphatic rings. The average Bonchev–Trinajstić information content (AvgIpc) is 2.40. The second kappa shape index (κ2) is 7.65. The largest absolute Gasteiger partial charge is 0.491 e. The van der Waals surface area contributed by atoms with Crippen molar-refractivity contribution in [2.75, 3.05) is 13.2 Å². The molecule has 0 heterocycles. The fourth-order valence-corrected chi connectivity index (χ4v) is 1.67. The number of hydrogen-bond acceptors (Lipinski definition) is 4. The molecule has 1 amide bonds. The van der Waals surface area contributed by atoms with Crippen LogP contribution < -0.4 is 10.1 Å². The minimum atomic E-state index is -1.40. The third kappa shape index (κ3) is 6.45. The molecule has 7 heteroatoms. The van der Waals surface area contributed by atoms with Crippen molar-refractivity contribution in [2.45, 2.75) is 32.4 Å². The molecule has 3 N–H and O–H groups in total. The van der Waals surface area contributed by atoms with E-state index in [0.29, 0.717) is 24.5 Å². The Bertz CT molecular complexity index is 506. The topological polar surface area (TPSA) is 105 Å². The Balaban J connectivity index is 2.58. The van der Waals surface area contributed by atoms with Crippen molar-refractivity contribution < 1.29 is 29.3 Å². The highest BCUT2D eigenvalue weighted by molar-refractivity contribution is 5.80. The number of rotatable bonds is 7. The fraction of sp³-hybridized carbons (Fsp3) is 0.467. The van der Waals surface area contributed by atoms with Crippen LogP contribution in [0.5, 0.6) is 5.75 Å². The quantitative estimate of drug-likeness (QED) is 0.667. The van der Waals surface area contributed by atoms with Crippen molar-refractivity contribution in [3.63, 3.8) is 0 Å². The van der Waals surface area contributed by atoms with Gasteiger partial charge in [-0.25, -0.2) is 9.59 Å². The van der Waals surface area contributed by atoms with E-state index in [2.05, 4.69) is 0 Å². The third-order valence-electron chi connectivity index (χ3n) is 2.62. The molecule has 22 heavy (non-hydrogen) atoms. The van der Waals surface area contributed by atoms with Crippen molar-refractivity contribution in [3.05, 3.63) is 29.8 Å². The summed E-state index contributed by atoms with van der Waals surface area (Å²) in [7, 11) is 0. The van der Waals surface area contributed by atoms with Crippen molar-refractivity contribution in [1.82, 2.24) is 5.32 Å². The summed E-state index contributed by atoms with van der Waals surface area (Å²) in [5.41, 5.74) is 0.0953. The van der Waals surface area contributed by atoms with E-state index in [4.69, 9.17) is 19.7 Å². The summed E-state index contributed by atoms with van der Waals surface area (Å²) < 4.78 is 11.0. The molecule has 1 rings (SSSR count). The molecule has 0 bridgehead atoms.